The molecule has 0 saturated heterocycles. The number of pyridine rings is 1. The molecule has 0 atom stereocenters. The minimum Gasteiger partial charge on any atom is -0.383 e. The highest BCUT2D eigenvalue weighted by atomic mass is 32.2. The molecule has 112 valence electrons. The highest BCUT2D eigenvalue weighted by Crippen LogP contribution is 2.25. The number of rotatable bonds is 5. The zero-order valence-electron chi connectivity index (χ0n) is 11.7. The smallest absolute Gasteiger partial charge is 0.281 e. The number of anilines is 2. The maximum absolute atomic E-state index is 13.8. The van der Waals surface area contributed by atoms with E-state index in [1.807, 2.05) is 6.92 Å². The predicted octanol–water partition coefficient (Wildman–Crippen LogP) is 2.76. The molecule has 0 saturated carbocycles. The van der Waals surface area contributed by atoms with Gasteiger partial charge in [-0.15, -0.1) is 0 Å². The van der Waals surface area contributed by atoms with Crippen molar-refractivity contribution in [2.75, 3.05) is 16.6 Å². The van der Waals surface area contributed by atoms with Crippen LogP contribution in [0.2, 0.25) is 0 Å². The Labute approximate surface area is 123 Å². The van der Waals surface area contributed by atoms with Crippen LogP contribution >= 0.6 is 0 Å². The lowest BCUT2D eigenvalue weighted by molar-refractivity contribution is 0.595. The summed E-state index contributed by atoms with van der Waals surface area (Å²) >= 11 is 0. The van der Waals surface area contributed by atoms with Crippen molar-refractivity contribution < 1.29 is 12.8 Å². The summed E-state index contributed by atoms with van der Waals surface area (Å²) in [5.74, 6) is -0.625. The van der Waals surface area contributed by atoms with Crippen LogP contribution < -0.4 is 10.0 Å². The molecule has 0 radical (unpaired) electrons. The summed E-state index contributed by atoms with van der Waals surface area (Å²) in [5.41, 5.74) is 0.812. The summed E-state index contributed by atoms with van der Waals surface area (Å²) in [6.07, 6.45) is 1.38. The number of para-hydroxylation sites is 1. The van der Waals surface area contributed by atoms with E-state index in [-0.39, 0.29) is 10.7 Å². The molecule has 2 N–H and O–H groups in total. The molecule has 1 aromatic carbocycles. The van der Waals surface area contributed by atoms with Crippen LogP contribution in [0.5, 0.6) is 0 Å². The van der Waals surface area contributed by atoms with Crippen molar-refractivity contribution in [3.05, 3.63) is 47.9 Å². The van der Waals surface area contributed by atoms with Crippen molar-refractivity contribution in [3.8, 4) is 0 Å². The third-order valence-corrected chi connectivity index (χ3v) is 4.16. The molecule has 0 aliphatic rings. The van der Waals surface area contributed by atoms with Crippen LogP contribution in [-0.2, 0) is 10.0 Å². The summed E-state index contributed by atoms with van der Waals surface area (Å²) in [6, 6.07) is 7.59. The molecule has 2 aromatic rings. The van der Waals surface area contributed by atoms with Gasteiger partial charge in [0.1, 0.15) is 5.82 Å². The van der Waals surface area contributed by atoms with Crippen LogP contribution in [0.3, 0.4) is 0 Å². The van der Waals surface area contributed by atoms with Crippen LogP contribution in [0, 0.1) is 12.7 Å². The molecule has 21 heavy (non-hydrogen) atoms. The number of benzene rings is 1. The number of nitrogens with zero attached hydrogens (tertiary/aromatic N) is 1. The van der Waals surface area contributed by atoms with Crippen LogP contribution in [0.15, 0.2) is 41.6 Å². The Morgan fingerprint density at radius 3 is 2.67 bits per heavy atom. The van der Waals surface area contributed by atoms with E-state index in [1.54, 1.807) is 25.1 Å². The predicted molar refractivity (Wildman–Crippen MR) is 80.3 cm³/mol. The topological polar surface area (TPSA) is 71.1 Å². The van der Waals surface area contributed by atoms with Crippen LogP contribution in [0.25, 0.3) is 0 Å². The molecule has 1 aromatic heterocycles. The van der Waals surface area contributed by atoms with Gasteiger partial charge in [0.05, 0.1) is 11.4 Å². The molecule has 0 spiro atoms. The average Bonchev–Trinajstić information content (AvgIpc) is 2.44. The van der Waals surface area contributed by atoms with Gasteiger partial charge in [-0.1, -0.05) is 12.1 Å². The van der Waals surface area contributed by atoms with Gasteiger partial charge in [0, 0.05) is 12.7 Å². The van der Waals surface area contributed by atoms with Crippen molar-refractivity contribution in [1.29, 1.82) is 0 Å². The Morgan fingerprint density at radius 1 is 1.24 bits per heavy atom. The largest absolute Gasteiger partial charge is 0.383 e. The molecule has 2 rings (SSSR count). The summed E-state index contributed by atoms with van der Waals surface area (Å²) in [6.45, 7) is 4.02. The fourth-order valence-corrected chi connectivity index (χ4v) is 3.13. The Balaban J connectivity index is 2.44. The lowest BCUT2D eigenvalue weighted by atomic mass is 10.2. The molecule has 0 fully saturated rings. The third-order valence-electron chi connectivity index (χ3n) is 2.85. The van der Waals surface area contributed by atoms with Gasteiger partial charge in [-0.05, 0) is 37.6 Å². The fourth-order valence-electron chi connectivity index (χ4n) is 1.87. The first kappa shape index (κ1) is 15.2. The van der Waals surface area contributed by atoms with E-state index in [0.29, 0.717) is 17.8 Å². The number of hydrogen-bond donors (Lipinski definition) is 2. The van der Waals surface area contributed by atoms with E-state index in [9.17, 15) is 12.8 Å². The molecule has 5 nitrogen and oxygen atoms in total. The minimum absolute atomic E-state index is 0.0643. The van der Waals surface area contributed by atoms with Crippen LogP contribution in [0.1, 0.15) is 12.5 Å². The second-order valence-electron chi connectivity index (χ2n) is 4.42. The van der Waals surface area contributed by atoms with Crippen molar-refractivity contribution >= 4 is 21.4 Å². The first-order valence-electron chi connectivity index (χ1n) is 6.42. The van der Waals surface area contributed by atoms with Gasteiger partial charge in [0.15, 0.2) is 5.03 Å². The van der Waals surface area contributed by atoms with Gasteiger partial charge < -0.3 is 5.32 Å². The number of halogens is 1. The summed E-state index contributed by atoms with van der Waals surface area (Å²) in [7, 11) is -3.97. The van der Waals surface area contributed by atoms with Gasteiger partial charge >= 0.3 is 0 Å². The van der Waals surface area contributed by atoms with E-state index in [4.69, 9.17) is 0 Å². The molecule has 7 heteroatoms. The second-order valence-corrected chi connectivity index (χ2v) is 6.02. The Bertz CT molecular complexity index is 727. The highest BCUT2D eigenvalue weighted by molar-refractivity contribution is 7.92. The van der Waals surface area contributed by atoms with Crippen LogP contribution in [0.4, 0.5) is 15.8 Å². The molecule has 1 heterocycles. The molecule has 0 unspecified atom stereocenters. The first-order valence-corrected chi connectivity index (χ1v) is 7.91. The number of aryl methyl sites for hydroxylation is 1. The molecule has 0 bridgehead atoms. The summed E-state index contributed by atoms with van der Waals surface area (Å²) in [4.78, 5) is 3.89. The maximum atomic E-state index is 13.8. The van der Waals surface area contributed by atoms with Crippen LogP contribution in [-0.4, -0.2) is 19.9 Å². The maximum Gasteiger partial charge on any atom is 0.281 e. The van der Waals surface area contributed by atoms with E-state index in [1.165, 1.54) is 18.3 Å². The van der Waals surface area contributed by atoms with Gasteiger partial charge in [0.25, 0.3) is 10.0 Å². The lowest BCUT2D eigenvalue weighted by Crippen LogP contribution is -2.18. The van der Waals surface area contributed by atoms with E-state index in [0.717, 1.165) is 0 Å². The number of aromatic nitrogens is 1. The Hall–Kier alpha value is -2.15. The average molecular weight is 309 g/mol. The number of sulfonamides is 1. The van der Waals surface area contributed by atoms with Crippen molar-refractivity contribution in [2.24, 2.45) is 0 Å². The quantitative estimate of drug-likeness (QED) is 0.891. The van der Waals surface area contributed by atoms with Gasteiger partial charge in [-0.2, -0.15) is 8.42 Å². The molecule has 0 aliphatic carbocycles. The van der Waals surface area contributed by atoms with Crippen molar-refractivity contribution in [1.82, 2.24) is 4.98 Å². The van der Waals surface area contributed by atoms with E-state index in [2.05, 4.69) is 15.0 Å². The molecule has 0 amide bonds. The molecular weight excluding hydrogens is 293 g/mol. The highest BCUT2D eigenvalue weighted by Gasteiger charge is 2.22. The third kappa shape index (κ3) is 3.30. The SMILES string of the molecule is CCNc1cccnc1S(=O)(=O)Nc1c(C)cccc1F. The lowest BCUT2D eigenvalue weighted by Gasteiger charge is -2.13. The fraction of sp³-hybridized carbons (Fsp3) is 0.214. The minimum atomic E-state index is -3.97. The monoisotopic (exact) mass is 309 g/mol. The Kier molecular flexibility index (Phi) is 4.42. The summed E-state index contributed by atoms with van der Waals surface area (Å²) < 4.78 is 40.9. The molecular formula is C14H16FN3O2S. The van der Waals surface area contributed by atoms with E-state index < -0.39 is 15.8 Å². The van der Waals surface area contributed by atoms with Crippen molar-refractivity contribution in [3.63, 3.8) is 0 Å². The normalized spacial score (nSPS) is 11.2. The second kappa shape index (κ2) is 6.09. The van der Waals surface area contributed by atoms with Gasteiger partial charge in [-0.25, -0.2) is 9.37 Å². The standard InChI is InChI=1S/C14H16FN3O2S/c1-3-16-12-8-5-9-17-14(12)21(19,20)18-13-10(2)6-4-7-11(13)15/h4-9,16,18H,3H2,1-2H3. The summed E-state index contributed by atoms with van der Waals surface area (Å²) in [5, 5.41) is 2.76. The first-order chi connectivity index (χ1) is 9.95. The van der Waals surface area contributed by atoms with Crippen molar-refractivity contribution in [2.45, 2.75) is 18.9 Å². The Morgan fingerprint density at radius 2 is 2.00 bits per heavy atom. The number of hydrogen-bond acceptors (Lipinski definition) is 4. The molecule has 0 aliphatic heterocycles. The number of nitrogens with one attached hydrogen (secondary N) is 2. The zero-order chi connectivity index (χ0) is 15.5. The van der Waals surface area contributed by atoms with Gasteiger partial charge in [0.2, 0.25) is 0 Å². The van der Waals surface area contributed by atoms with Gasteiger partial charge in [-0.3, -0.25) is 4.72 Å². The van der Waals surface area contributed by atoms with E-state index >= 15 is 0 Å². The zero-order valence-corrected chi connectivity index (χ0v) is 12.5.